The van der Waals surface area contributed by atoms with E-state index in [4.69, 9.17) is 5.73 Å². The van der Waals surface area contributed by atoms with Crippen LogP contribution in [-0.2, 0) is 4.79 Å². The number of aromatic nitrogens is 1. The lowest BCUT2D eigenvalue weighted by molar-refractivity contribution is -0.119. The molecule has 0 aliphatic rings. The highest BCUT2D eigenvalue weighted by atomic mass is 16.2. The third kappa shape index (κ3) is 4.89. The Balaban J connectivity index is 2.72. The van der Waals surface area contributed by atoms with Crippen LogP contribution < -0.4 is 10.6 Å². The van der Waals surface area contributed by atoms with Gasteiger partial charge in [-0.15, -0.1) is 0 Å². The van der Waals surface area contributed by atoms with Crippen molar-refractivity contribution in [1.29, 1.82) is 0 Å². The van der Waals surface area contributed by atoms with Gasteiger partial charge in [-0.1, -0.05) is 20.3 Å². The lowest BCUT2D eigenvalue weighted by Crippen LogP contribution is -2.37. The monoisotopic (exact) mass is 263 g/mol. The highest BCUT2D eigenvalue weighted by Crippen LogP contribution is 2.18. The minimum Gasteiger partial charge on any atom is -0.397 e. The Kier molecular flexibility index (Phi) is 5.80. The van der Waals surface area contributed by atoms with E-state index in [0.29, 0.717) is 23.8 Å². The molecule has 0 saturated carbocycles. The number of nitrogen functional groups attached to an aromatic ring is 1. The normalized spacial score (nSPS) is 11.1. The zero-order chi connectivity index (χ0) is 14.4. The van der Waals surface area contributed by atoms with E-state index in [1.54, 1.807) is 23.2 Å². The van der Waals surface area contributed by atoms with E-state index in [1.165, 1.54) is 0 Å². The maximum Gasteiger partial charge on any atom is 0.228 e. The number of carbonyl (C=O) groups is 1. The predicted molar refractivity (Wildman–Crippen MR) is 80.0 cm³/mol. The van der Waals surface area contributed by atoms with Crippen molar-refractivity contribution >= 4 is 17.4 Å². The van der Waals surface area contributed by atoms with Crippen molar-refractivity contribution < 1.29 is 4.79 Å². The molecule has 1 rings (SSSR count). The van der Waals surface area contributed by atoms with Crippen LogP contribution in [0.25, 0.3) is 0 Å². The molecule has 1 amide bonds. The molecule has 0 radical (unpaired) electrons. The average Bonchev–Trinajstić information content (AvgIpc) is 2.31. The fourth-order valence-corrected chi connectivity index (χ4v) is 2.00. The van der Waals surface area contributed by atoms with Gasteiger partial charge in [0, 0.05) is 12.5 Å². The molecule has 0 aliphatic heterocycles. The maximum absolute atomic E-state index is 12.3. The number of carbonyl (C=O) groups excluding carboxylic acids is 1. The zero-order valence-electron chi connectivity index (χ0n) is 12.4. The SMILES string of the molecule is CC(C)CCCC(=O)N(c1ccc(N)cn1)C(C)C. The van der Waals surface area contributed by atoms with Crippen molar-refractivity contribution in [2.75, 3.05) is 10.6 Å². The van der Waals surface area contributed by atoms with Gasteiger partial charge in [-0.25, -0.2) is 4.98 Å². The third-order valence-corrected chi connectivity index (χ3v) is 2.97. The Hall–Kier alpha value is -1.58. The second kappa shape index (κ2) is 7.12. The van der Waals surface area contributed by atoms with E-state index in [0.717, 1.165) is 12.8 Å². The molecule has 0 fully saturated rings. The molecule has 0 bridgehead atoms. The first-order chi connectivity index (χ1) is 8.91. The van der Waals surface area contributed by atoms with E-state index in [-0.39, 0.29) is 11.9 Å². The Bertz CT molecular complexity index is 398. The molecule has 4 nitrogen and oxygen atoms in total. The van der Waals surface area contributed by atoms with Gasteiger partial charge in [-0.05, 0) is 38.3 Å². The number of rotatable bonds is 6. The summed E-state index contributed by atoms with van der Waals surface area (Å²) < 4.78 is 0. The average molecular weight is 263 g/mol. The summed E-state index contributed by atoms with van der Waals surface area (Å²) in [5.41, 5.74) is 6.24. The smallest absolute Gasteiger partial charge is 0.228 e. The van der Waals surface area contributed by atoms with Crippen LogP contribution in [0.15, 0.2) is 18.3 Å². The molecular formula is C15H25N3O. The number of pyridine rings is 1. The molecule has 0 aromatic carbocycles. The van der Waals surface area contributed by atoms with Gasteiger partial charge in [-0.2, -0.15) is 0 Å². The first-order valence-electron chi connectivity index (χ1n) is 6.95. The number of hydrogen-bond donors (Lipinski definition) is 1. The molecule has 1 aromatic rings. The third-order valence-electron chi connectivity index (χ3n) is 2.97. The molecule has 1 aromatic heterocycles. The molecule has 0 aliphatic carbocycles. The van der Waals surface area contributed by atoms with Gasteiger partial charge in [0.1, 0.15) is 5.82 Å². The van der Waals surface area contributed by atoms with Crippen LogP contribution in [0, 0.1) is 5.92 Å². The number of anilines is 2. The van der Waals surface area contributed by atoms with Crippen LogP contribution >= 0.6 is 0 Å². The summed E-state index contributed by atoms with van der Waals surface area (Å²) in [7, 11) is 0. The zero-order valence-corrected chi connectivity index (χ0v) is 12.4. The molecule has 0 unspecified atom stereocenters. The standard InChI is InChI=1S/C15H25N3O/c1-11(2)6-5-7-15(19)18(12(3)4)14-9-8-13(16)10-17-14/h8-12H,5-7,16H2,1-4H3. The second-order valence-electron chi connectivity index (χ2n) is 5.59. The van der Waals surface area contributed by atoms with Gasteiger partial charge in [-0.3, -0.25) is 9.69 Å². The molecule has 1 heterocycles. The molecule has 0 atom stereocenters. The Labute approximate surface area is 116 Å². The maximum atomic E-state index is 12.3. The van der Waals surface area contributed by atoms with E-state index in [9.17, 15) is 4.79 Å². The van der Waals surface area contributed by atoms with Crippen molar-refractivity contribution in [3.05, 3.63) is 18.3 Å². The summed E-state index contributed by atoms with van der Waals surface area (Å²) in [6.45, 7) is 8.34. The predicted octanol–water partition coefficient (Wildman–Crippen LogP) is 3.23. The van der Waals surface area contributed by atoms with E-state index < -0.39 is 0 Å². The van der Waals surface area contributed by atoms with Crippen LogP contribution in [0.2, 0.25) is 0 Å². The highest BCUT2D eigenvalue weighted by Gasteiger charge is 2.19. The molecule has 0 saturated heterocycles. The van der Waals surface area contributed by atoms with Crippen molar-refractivity contribution in [3.8, 4) is 0 Å². The van der Waals surface area contributed by atoms with Gasteiger partial charge in [0.15, 0.2) is 0 Å². The largest absolute Gasteiger partial charge is 0.397 e. The van der Waals surface area contributed by atoms with Gasteiger partial charge in [0.25, 0.3) is 0 Å². The molecule has 4 heteroatoms. The summed E-state index contributed by atoms with van der Waals surface area (Å²) in [5.74, 6) is 1.45. The van der Waals surface area contributed by atoms with Crippen LogP contribution in [0.3, 0.4) is 0 Å². The van der Waals surface area contributed by atoms with E-state index in [2.05, 4.69) is 18.8 Å². The van der Waals surface area contributed by atoms with Gasteiger partial charge >= 0.3 is 0 Å². The summed E-state index contributed by atoms with van der Waals surface area (Å²) in [5, 5.41) is 0. The summed E-state index contributed by atoms with van der Waals surface area (Å²) in [6.07, 6.45) is 4.16. The summed E-state index contributed by atoms with van der Waals surface area (Å²) in [4.78, 5) is 18.3. The quantitative estimate of drug-likeness (QED) is 0.857. The van der Waals surface area contributed by atoms with E-state index in [1.807, 2.05) is 13.8 Å². The van der Waals surface area contributed by atoms with Gasteiger partial charge < -0.3 is 5.73 Å². The van der Waals surface area contributed by atoms with Crippen LogP contribution in [0.5, 0.6) is 0 Å². The van der Waals surface area contributed by atoms with Crippen LogP contribution in [-0.4, -0.2) is 16.9 Å². The fraction of sp³-hybridized carbons (Fsp3) is 0.600. The Morgan fingerprint density at radius 2 is 2.00 bits per heavy atom. The lowest BCUT2D eigenvalue weighted by atomic mass is 10.1. The lowest BCUT2D eigenvalue weighted by Gasteiger charge is -2.26. The van der Waals surface area contributed by atoms with Crippen molar-refractivity contribution in [1.82, 2.24) is 4.98 Å². The van der Waals surface area contributed by atoms with Crippen molar-refractivity contribution in [2.24, 2.45) is 5.92 Å². The number of nitrogens with zero attached hydrogens (tertiary/aromatic N) is 2. The van der Waals surface area contributed by atoms with Crippen LogP contribution in [0.4, 0.5) is 11.5 Å². The number of amides is 1. The Morgan fingerprint density at radius 1 is 1.32 bits per heavy atom. The fourth-order valence-electron chi connectivity index (χ4n) is 2.00. The molecule has 106 valence electrons. The van der Waals surface area contributed by atoms with Gasteiger partial charge in [0.05, 0.1) is 11.9 Å². The van der Waals surface area contributed by atoms with Crippen molar-refractivity contribution in [2.45, 2.75) is 53.0 Å². The molecular weight excluding hydrogens is 238 g/mol. The first kappa shape index (κ1) is 15.5. The number of hydrogen-bond acceptors (Lipinski definition) is 3. The molecule has 2 N–H and O–H groups in total. The minimum atomic E-state index is 0.0997. The topological polar surface area (TPSA) is 59.2 Å². The number of nitrogens with two attached hydrogens (primary N) is 1. The van der Waals surface area contributed by atoms with Crippen LogP contribution in [0.1, 0.15) is 47.0 Å². The highest BCUT2D eigenvalue weighted by molar-refractivity contribution is 5.92. The Morgan fingerprint density at radius 3 is 2.47 bits per heavy atom. The molecule has 19 heavy (non-hydrogen) atoms. The molecule has 0 spiro atoms. The van der Waals surface area contributed by atoms with Crippen molar-refractivity contribution in [3.63, 3.8) is 0 Å². The second-order valence-corrected chi connectivity index (χ2v) is 5.59. The minimum absolute atomic E-state index is 0.0997. The van der Waals surface area contributed by atoms with Gasteiger partial charge in [0.2, 0.25) is 5.91 Å². The summed E-state index contributed by atoms with van der Waals surface area (Å²) in [6, 6.07) is 3.68. The first-order valence-corrected chi connectivity index (χ1v) is 6.95. The summed E-state index contributed by atoms with van der Waals surface area (Å²) >= 11 is 0. The van der Waals surface area contributed by atoms with E-state index >= 15 is 0 Å².